The molecule has 0 radical (unpaired) electrons. The summed E-state index contributed by atoms with van der Waals surface area (Å²) in [4.78, 5) is 11.7. The van der Waals surface area contributed by atoms with Crippen molar-refractivity contribution < 1.29 is 4.79 Å². The summed E-state index contributed by atoms with van der Waals surface area (Å²) in [5.41, 5.74) is -0.545. The zero-order valence-corrected chi connectivity index (χ0v) is 8.89. The molecule has 1 aliphatic rings. The van der Waals surface area contributed by atoms with Crippen molar-refractivity contribution in [2.45, 2.75) is 44.7 Å². The highest BCUT2D eigenvalue weighted by Gasteiger charge is 2.25. The second-order valence-corrected chi connectivity index (χ2v) is 4.26. The quantitative estimate of drug-likeness (QED) is 0.634. The normalized spacial score (nSPS) is 22.5. The summed E-state index contributed by atoms with van der Waals surface area (Å²) in [5, 5.41) is 6.02. The highest BCUT2D eigenvalue weighted by atomic mass is 16.2. The smallest absolute Gasteiger partial charge is 0.238 e. The zero-order chi connectivity index (χ0) is 10.6. The van der Waals surface area contributed by atoms with Crippen LogP contribution in [0.4, 0.5) is 0 Å². The van der Waals surface area contributed by atoms with Gasteiger partial charge in [-0.3, -0.25) is 4.79 Å². The molecule has 3 heteroatoms. The predicted molar refractivity (Wildman–Crippen MR) is 56.7 cm³/mol. The molecule has 78 valence electrons. The molecule has 1 fully saturated rings. The highest BCUT2D eigenvalue weighted by Crippen LogP contribution is 2.08. The number of hydrogen-bond acceptors (Lipinski definition) is 2. The lowest BCUT2D eigenvalue weighted by Crippen LogP contribution is -2.52. The van der Waals surface area contributed by atoms with Crippen molar-refractivity contribution in [1.82, 2.24) is 10.6 Å². The fourth-order valence-corrected chi connectivity index (χ4v) is 1.51. The molecule has 1 aliphatic heterocycles. The van der Waals surface area contributed by atoms with Gasteiger partial charge < -0.3 is 10.6 Å². The van der Waals surface area contributed by atoms with Gasteiger partial charge in [-0.25, -0.2) is 0 Å². The first kappa shape index (κ1) is 11.1. The largest absolute Gasteiger partial charge is 0.339 e. The number of amides is 1. The van der Waals surface area contributed by atoms with E-state index in [9.17, 15) is 4.79 Å². The Labute approximate surface area is 85.6 Å². The van der Waals surface area contributed by atoms with Crippen molar-refractivity contribution in [3.05, 3.63) is 0 Å². The number of terminal acetylenes is 1. The molecule has 3 nitrogen and oxygen atoms in total. The van der Waals surface area contributed by atoms with Crippen LogP contribution in [0, 0.1) is 12.3 Å². The van der Waals surface area contributed by atoms with Gasteiger partial charge in [0.2, 0.25) is 5.91 Å². The predicted octanol–water partition coefficient (Wildman–Crippen LogP) is 0.656. The maximum Gasteiger partial charge on any atom is 0.238 e. The summed E-state index contributed by atoms with van der Waals surface area (Å²) >= 11 is 0. The standard InChI is InChI=1S/C11H18N2O/c1-4-11(2,3)13-10(14)9-7-5-6-8-12-9/h1,9,12H,5-8H2,2-3H3,(H,13,14). The lowest BCUT2D eigenvalue weighted by Gasteiger charge is -2.27. The van der Waals surface area contributed by atoms with E-state index in [0.717, 1.165) is 25.8 Å². The van der Waals surface area contributed by atoms with Crippen LogP contribution in [0.25, 0.3) is 0 Å². The van der Waals surface area contributed by atoms with Gasteiger partial charge in [-0.05, 0) is 33.2 Å². The number of hydrogen-bond donors (Lipinski definition) is 2. The van der Waals surface area contributed by atoms with E-state index in [1.807, 2.05) is 13.8 Å². The van der Waals surface area contributed by atoms with E-state index < -0.39 is 5.54 Å². The summed E-state index contributed by atoms with van der Waals surface area (Å²) in [7, 11) is 0. The minimum atomic E-state index is -0.545. The van der Waals surface area contributed by atoms with Gasteiger partial charge in [0.15, 0.2) is 0 Å². The Bertz CT molecular complexity index is 247. The van der Waals surface area contributed by atoms with E-state index in [1.54, 1.807) is 0 Å². The van der Waals surface area contributed by atoms with E-state index >= 15 is 0 Å². The molecule has 0 aromatic rings. The van der Waals surface area contributed by atoms with Crippen LogP contribution in [0.5, 0.6) is 0 Å². The van der Waals surface area contributed by atoms with Crippen LogP contribution in [0.1, 0.15) is 33.1 Å². The lowest BCUT2D eigenvalue weighted by molar-refractivity contribution is -0.124. The van der Waals surface area contributed by atoms with E-state index in [0.29, 0.717) is 0 Å². The molecule has 14 heavy (non-hydrogen) atoms. The average molecular weight is 194 g/mol. The molecule has 0 aliphatic carbocycles. The Morgan fingerprint density at radius 2 is 2.29 bits per heavy atom. The maximum atomic E-state index is 11.7. The van der Waals surface area contributed by atoms with Crippen LogP contribution in [0.2, 0.25) is 0 Å². The molecule has 1 amide bonds. The molecule has 0 aromatic carbocycles. The van der Waals surface area contributed by atoms with Crippen LogP contribution in [-0.4, -0.2) is 24.0 Å². The third-order valence-electron chi connectivity index (χ3n) is 2.42. The van der Waals surface area contributed by atoms with Gasteiger partial charge in [-0.2, -0.15) is 0 Å². The Morgan fingerprint density at radius 3 is 2.79 bits per heavy atom. The van der Waals surface area contributed by atoms with E-state index in [1.165, 1.54) is 0 Å². The molecule has 0 bridgehead atoms. The second kappa shape index (κ2) is 4.47. The number of rotatable bonds is 2. The second-order valence-electron chi connectivity index (χ2n) is 4.26. The van der Waals surface area contributed by atoms with Gasteiger partial charge in [0.1, 0.15) is 0 Å². The first-order valence-corrected chi connectivity index (χ1v) is 5.08. The molecule has 0 spiro atoms. The molecule has 0 saturated carbocycles. The summed E-state index contributed by atoms with van der Waals surface area (Å²) in [6.07, 6.45) is 8.48. The Hall–Kier alpha value is -1.01. The van der Waals surface area contributed by atoms with E-state index in [-0.39, 0.29) is 11.9 Å². The zero-order valence-electron chi connectivity index (χ0n) is 8.89. The molecule has 2 N–H and O–H groups in total. The summed E-state index contributed by atoms with van der Waals surface area (Å²) in [6, 6.07) is -0.0589. The van der Waals surface area contributed by atoms with Gasteiger partial charge in [-0.1, -0.05) is 12.3 Å². The molecule has 1 unspecified atom stereocenters. The number of piperidine rings is 1. The monoisotopic (exact) mass is 194 g/mol. The van der Waals surface area contributed by atoms with Crippen molar-refractivity contribution in [2.24, 2.45) is 0 Å². The van der Waals surface area contributed by atoms with E-state index in [2.05, 4.69) is 16.6 Å². The molecule has 1 saturated heterocycles. The van der Waals surface area contributed by atoms with Gasteiger partial charge in [0.05, 0.1) is 11.6 Å². The lowest BCUT2D eigenvalue weighted by atomic mass is 10.0. The minimum absolute atomic E-state index is 0.0210. The van der Waals surface area contributed by atoms with Crippen molar-refractivity contribution >= 4 is 5.91 Å². The summed E-state index contributed by atoms with van der Waals surface area (Å²) in [5.74, 6) is 2.57. The fourth-order valence-electron chi connectivity index (χ4n) is 1.51. The summed E-state index contributed by atoms with van der Waals surface area (Å²) < 4.78 is 0. The Morgan fingerprint density at radius 1 is 1.57 bits per heavy atom. The van der Waals surface area contributed by atoms with Crippen molar-refractivity contribution in [2.75, 3.05) is 6.54 Å². The molecule has 1 rings (SSSR count). The van der Waals surface area contributed by atoms with Gasteiger partial charge in [0, 0.05) is 0 Å². The molecule has 1 heterocycles. The summed E-state index contributed by atoms with van der Waals surface area (Å²) in [6.45, 7) is 4.58. The van der Waals surface area contributed by atoms with Crippen molar-refractivity contribution in [3.8, 4) is 12.3 Å². The van der Waals surface area contributed by atoms with Gasteiger partial charge >= 0.3 is 0 Å². The van der Waals surface area contributed by atoms with Crippen molar-refractivity contribution in [3.63, 3.8) is 0 Å². The van der Waals surface area contributed by atoms with Crippen LogP contribution < -0.4 is 10.6 Å². The maximum absolute atomic E-state index is 11.7. The third kappa shape index (κ3) is 3.04. The Balaban J connectivity index is 2.45. The van der Waals surface area contributed by atoms with Gasteiger partial charge in [0.25, 0.3) is 0 Å². The topological polar surface area (TPSA) is 41.1 Å². The Kier molecular flexibility index (Phi) is 3.54. The highest BCUT2D eigenvalue weighted by molar-refractivity contribution is 5.82. The third-order valence-corrected chi connectivity index (χ3v) is 2.42. The number of nitrogens with one attached hydrogen (secondary N) is 2. The molecular formula is C11H18N2O. The first-order valence-electron chi connectivity index (χ1n) is 5.08. The first-order chi connectivity index (χ1) is 6.55. The van der Waals surface area contributed by atoms with E-state index in [4.69, 9.17) is 6.42 Å². The number of carbonyl (C=O) groups excluding carboxylic acids is 1. The van der Waals surface area contributed by atoms with Crippen LogP contribution in [0.3, 0.4) is 0 Å². The average Bonchev–Trinajstić information content (AvgIpc) is 2.19. The van der Waals surface area contributed by atoms with Crippen molar-refractivity contribution in [1.29, 1.82) is 0 Å². The van der Waals surface area contributed by atoms with Crippen LogP contribution >= 0.6 is 0 Å². The number of carbonyl (C=O) groups is 1. The van der Waals surface area contributed by atoms with Gasteiger partial charge in [-0.15, -0.1) is 6.42 Å². The molecular weight excluding hydrogens is 176 g/mol. The molecule has 1 atom stereocenters. The van der Waals surface area contributed by atoms with Crippen LogP contribution in [0.15, 0.2) is 0 Å². The molecule has 0 aromatic heterocycles. The van der Waals surface area contributed by atoms with Crippen LogP contribution in [-0.2, 0) is 4.79 Å². The minimum Gasteiger partial charge on any atom is -0.339 e. The fraction of sp³-hybridized carbons (Fsp3) is 0.727. The SMILES string of the molecule is C#CC(C)(C)NC(=O)C1CCCCN1.